The Labute approximate surface area is 136 Å². The standard InChI is InChI=1S/C15H15N3O2S2/c1-19-12-6-4-11(5-7-12)10-21-15-18-17-14(22-15)16-9-13-3-2-8-20-13/h2-8H,9-10H2,1H3,(H,16,17). The summed E-state index contributed by atoms with van der Waals surface area (Å²) in [4.78, 5) is 0. The SMILES string of the molecule is COc1ccc(CSc2nnc(NCc3ccco3)s2)cc1. The lowest BCUT2D eigenvalue weighted by molar-refractivity contribution is 0.414. The molecule has 0 amide bonds. The summed E-state index contributed by atoms with van der Waals surface area (Å²) in [5, 5.41) is 12.3. The Balaban J connectivity index is 1.50. The van der Waals surface area contributed by atoms with Crippen LogP contribution in [0.15, 0.2) is 51.4 Å². The molecule has 0 fully saturated rings. The van der Waals surface area contributed by atoms with Crippen molar-refractivity contribution in [3.63, 3.8) is 0 Å². The minimum atomic E-state index is 0.616. The number of methoxy groups -OCH3 is 1. The minimum absolute atomic E-state index is 0.616. The first kappa shape index (κ1) is 14.9. The van der Waals surface area contributed by atoms with Gasteiger partial charge in [-0.1, -0.05) is 35.2 Å². The van der Waals surface area contributed by atoms with E-state index in [0.29, 0.717) is 6.54 Å². The van der Waals surface area contributed by atoms with E-state index in [0.717, 1.165) is 26.7 Å². The Bertz CT molecular complexity index is 696. The van der Waals surface area contributed by atoms with Gasteiger partial charge in [0.1, 0.15) is 11.5 Å². The molecule has 0 unspecified atom stereocenters. The van der Waals surface area contributed by atoms with E-state index < -0.39 is 0 Å². The molecule has 0 aliphatic heterocycles. The lowest BCUT2D eigenvalue weighted by atomic mass is 10.2. The molecule has 0 aliphatic carbocycles. The number of hydrogen-bond donors (Lipinski definition) is 1. The Morgan fingerprint density at radius 2 is 2.09 bits per heavy atom. The van der Waals surface area contributed by atoms with Crippen LogP contribution in [0.25, 0.3) is 0 Å². The Morgan fingerprint density at radius 3 is 2.82 bits per heavy atom. The number of thioether (sulfide) groups is 1. The van der Waals surface area contributed by atoms with Crippen LogP contribution in [0.1, 0.15) is 11.3 Å². The average Bonchev–Trinajstić information content (AvgIpc) is 3.23. The molecule has 0 bridgehead atoms. The van der Waals surface area contributed by atoms with Crippen LogP contribution in [-0.4, -0.2) is 17.3 Å². The number of ether oxygens (including phenoxy) is 1. The summed E-state index contributed by atoms with van der Waals surface area (Å²) < 4.78 is 11.4. The van der Waals surface area contributed by atoms with Gasteiger partial charge in [0, 0.05) is 5.75 Å². The number of benzene rings is 1. The van der Waals surface area contributed by atoms with Gasteiger partial charge in [0.25, 0.3) is 0 Å². The largest absolute Gasteiger partial charge is 0.497 e. The molecule has 0 radical (unpaired) electrons. The fraction of sp³-hybridized carbons (Fsp3) is 0.200. The topological polar surface area (TPSA) is 60.2 Å². The quantitative estimate of drug-likeness (QED) is 0.658. The minimum Gasteiger partial charge on any atom is -0.497 e. The van der Waals surface area contributed by atoms with Gasteiger partial charge in [0.05, 0.1) is 19.9 Å². The first-order chi connectivity index (χ1) is 10.8. The highest BCUT2D eigenvalue weighted by molar-refractivity contribution is 8.00. The van der Waals surface area contributed by atoms with Crippen LogP contribution in [0.4, 0.5) is 5.13 Å². The molecule has 1 aromatic carbocycles. The van der Waals surface area contributed by atoms with Gasteiger partial charge >= 0.3 is 0 Å². The molecule has 0 spiro atoms. The zero-order chi connectivity index (χ0) is 15.2. The third-order valence-electron chi connectivity index (χ3n) is 2.92. The van der Waals surface area contributed by atoms with Gasteiger partial charge in [-0.25, -0.2) is 0 Å². The monoisotopic (exact) mass is 333 g/mol. The van der Waals surface area contributed by atoms with Gasteiger partial charge in [-0.15, -0.1) is 10.2 Å². The van der Waals surface area contributed by atoms with E-state index in [9.17, 15) is 0 Å². The van der Waals surface area contributed by atoms with Crippen LogP contribution in [0.3, 0.4) is 0 Å². The number of nitrogens with zero attached hydrogens (tertiary/aromatic N) is 2. The molecule has 2 heterocycles. The van der Waals surface area contributed by atoms with E-state index in [4.69, 9.17) is 9.15 Å². The maximum Gasteiger partial charge on any atom is 0.206 e. The van der Waals surface area contributed by atoms with Gasteiger partial charge in [-0.05, 0) is 29.8 Å². The molecule has 3 aromatic rings. The predicted octanol–water partition coefficient (Wildman–Crippen LogP) is 4.04. The van der Waals surface area contributed by atoms with Crippen molar-refractivity contribution in [1.82, 2.24) is 10.2 Å². The van der Waals surface area contributed by atoms with Gasteiger partial charge in [0.2, 0.25) is 5.13 Å². The maximum atomic E-state index is 5.26. The van der Waals surface area contributed by atoms with E-state index >= 15 is 0 Å². The summed E-state index contributed by atoms with van der Waals surface area (Å²) in [6.45, 7) is 0.616. The Morgan fingerprint density at radius 1 is 1.23 bits per heavy atom. The first-order valence-electron chi connectivity index (χ1n) is 6.69. The van der Waals surface area contributed by atoms with E-state index in [-0.39, 0.29) is 0 Å². The molecular formula is C15H15N3O2S2. The number of aromatic nitrogens is 2. The molecule has 2 aromatic heterocycles. The summed E-state index contributed by atoms with van der Waals surface area (Å²) in [7, 11) is 1.67. The van der Waals surface area contributed by atoms with E-state index in [2.05, 4.69) is 27.6 Å². The van der Waals surface area contributed by atoms with Crippen molar-refractivity contribution in [2.75, 3.05) is 12.4 Å². The smallest absolute Gasteiger partial charge is 0.206 e. The predicted molar refractivity (Wildman–Crippen MR) is 88.5 cm³/mol. The van der Waals surface area contributed by atoms with Gasteiger partial charge in [-0.3, -0.25) is 0 Å². The number of hydrogen-bond acceptors (Lipinski definition) is 7. The molecule has 114 valence electrons. The van der Waals surface area contributed by atoms with Crippen molar-refractivity contribution in [3.8, 4) is 5.75 Å². The molecule has 3 rings (SSSR count). The van der Waals surface area contributed by atoms with Crippen LogP contribution in [0, 0.1) is 0 Å². The molecule has 0 saturated carbocycles. The number of nitrogens with one attached hydrogen (secondary N) is 1. The van der Waals surface area contributed by atoms with Gasteiger partial charge in [0.15, 0.2) is 4.34 Å². The van der Waals surface area contributed by atoms with Crippen LogP contribution < -0.4 is 10.1 Å². The fourth-order valence-corrected chi connectivity index (χ4v) is 3.49. The van der Waals surface area contributed by atoms with E-state index in [1.165, 1.54) is 5.56 Å². The summed E-state index contributed by atoms with van der Waals surface area (Å²) >= 11 is 3.22. The normalized spacial score (nSPS) is 10.6. The zero-order valence-corrected chi connectivity index (χ0v) is 13.6. The second kappa shape index (κ2) is 7.33. The van der Waals surface area contributed by atoms with Crippen LogP contribution in [0.5, 0.6) is 5.75 Å². The van der Waals surface area contributed by atoms with Crippen LogP contribution >= 0.6 is 23.1 Å². The van der Waals surface area contributed by atoms with Crippen molar-refractivity contribution >= 4 is 28.2 Å². The van der Waals surface area contributed by atoms with Crippen molar-refractivity contribution in [3.05, 3.63) is 54.0 Å². The van der Waals surface area contributed by atoms with Crippen LogP contribution in [0.2, 0.25) is 0 Å². The third-order valence-corrected chi connectivity index (χ3v) is 5.01. The molecule has 5 nitrogen and oxygen atoms in total. The third kappa shape index (κ3) is 4.02. The van der Waals surface area contributed by atoms with Crippen molar-refractivity contribution in [2.45, 2.75) is 16.6 Å². The molecular weight excluding hydrogens is 318 g/mol. The maximum absolute atomic E-state index is 5.26. The summed E-state index contributed by atoms with van der Waals surface area (Å²) in [5.74, 6) is 2.60. The zero-order valence-electron chi connectivity index (χ0n) is 12.0. The second-order valence-electron chi connectivity index (χ2n) is 4.44. The lowest BCUT2D eigenvalue weighted by Crippen LogP contribution is -1.96. The number of furan rings is 1. The van der Waals surface area contributed by atoms with Gasteiger partial charge < -0.3 is 14.5 Å². The number of anilines is 1. The van der Waals surface area contributed by atoms with Crippen LogP contribution in [-0.2, 0) is 12.3 Å². The summed E-state index contributed by atoms with van der Waals surface area (Å²) in [6.07, 6.45) is 1.66. The summed E-state index contributed by atoms with van der Waals surface area (Å²) in [5.41, 5.74) is 1.23. The highest BCUT2D eigenvalue weighted by atomic mass is 32.2. The average molecular weight is 333 g/mol. The molecule has 0 aliphatic rings. The first-order valence-corrected chi connectivity index (χ1v) is 8.49. The summed E-state index contributed by atoms with van der Waals surface area (Å²) in [6, 6.07) is 11.8. The van der Waals surface area contributed by atoms with Gasteiger partial charge in [-0.2, -0.15) is 0 Å². The fourth-order valence-electron chi connectivity index (χ4n) is 1.78. The molecule has 7 heteroatoms. The number of rotatable bonds is 7. The Kier molecular flexibility index (Phi) is 4.97. The molecule has 22 heavy (non-hydrogen) atoms. The highest BCUT2D eigenvalue weighted by Gasteiger charge is 2.06. The van der Waals surface area contributed by atoms with E-state index in [1.54, 1.807) is 36.5 Å². The Hall–Kier alpha value is -1.99. The second-order valence-corrected chi connectivity index (χ2v) is 6.64. The molecule has 0 atom stereocenters. The van der Waals surface area contributed by atoms with Crippen molar-refractivity contribution in [2.24, 2.45) is 0 Å². The lowest BCUT2D eigenvalue weighted by Gasteiger charge is -2.01. The van der Waals surface area contributed by atoms with E-state index in [1.807, 2.05) is 24.3 Å². The molecule has 0 saturated heterocycles. The highest BCUT2D eigenvalue weighted by Crippen LogP contribution is 2.29. The van der Waals surface area contributed by atoms with Crippen molar-refractivity contribution < 1.29 is 9.15 Å². The molecule has 1 N–H and O–H groups in total. The van der Waals surface area contributed by atoms with Crippen molar-refractivity contribution in [1.29, 1.82) is 0 Å².